The van der Waals surface area contributed by atoms with E-state index in [1.54, 1.807) is 0 Å². The molecule has 2 atom stereocenters. The lowest BCUT2D eigenvalue weighted by atomic mass is 9.56. The quantitative estimate of drug-likeness (QED) is 0.589. The smallest absolute Gasteiger partial charge is 0.00440 e. The summed E-state index contributed by atoms with van der Waals surface area (Å²) in [7, 11) is 0. The van der Waals surface area contributed by atoms with Crippen LogP contribution in [0, 0.1) is 17.3 Å². The van der Waals surface area contributed by atoms with Gasteiger partial charge in [0.1, 0.15) is 0 Å². The molecule has 70 valence electrons. The van der Waals surface area contributed by atoms with E-state index in [4.69, 9.17) is 5.73 Å². The number of hydrogen-bond acceptors (Lipinski definition) is 1. The van der Waals surface area contributed by atoms with Crippen molar-refractivity contribution in [2.75, 3.05) is 0 Å². The van der Waals surface area contributed by atoms with E-state index >= 15 is 0 Å². The molecule has 0 aromatic carbocycles. The van der Waals surface area contributed by atoms with Crippen molar-refractivity contribution in [3.63, 3.8) is 0 Å². The molecule has 0 radical (unpaired) electrons. The van der Waals surface area contributed by atoms with Gasteiger partial charge in [-0.2, -0.15) is 0 Å². The van der Waals surface area contributed by atoms with Crippen LogP contribution in [0.15, 0.2) is 0 Å². The Morgan fingerprint density at radius 2 is 1.83 bits per heavy atom. The summed E-state index contributed by atoms with van der Waals surface area (Å²) >= 11 is 0. The molecule has 0 aromatic rings. The van der Waals surface area contributed by atoms with Crippen LogP contribution in [0.4, 0.5) is 0 Å². The Morgan fingerprint density at radius 3 is 2.50 bits per heavy atom. The van der Waals surface area contributed by atoms with Crippen molar-refractivity contribution < 1.29 is 0 Å². The summed E-state index contributed by atoms with van der Waals surface area (Å²) in [6.45, 7) is 4.82. The van der Waals surface area contributed by atoms with Crippen molar-refractivity contribution in [1.82, 2.24) is 0 Å². The first-order chi connectivity index (χ1) is 5.57. The van der Waals surface area contributed by atoms with Gasteiger partial charge in [-0.05, 0) is 49.4 Å². The summed E-state index contributed by atoms with van der Waals surface area (Å²) in [5.41, 5.74) is 6.75. The molecule has 3 aliphatic carbocycles. The van der Waals surface area contributed by atoms with Gasteiger partial charge in [0.05, 0.1) is 0 Å². The Balaban J connectivity index is 2.01. The fourth-order valence-corrected chi connectivity index (χ4v) is 3.63. The van der Waals surface area contributed by atoms with Crippen LogP contribution in [0.25, 0.3) is 0 Å². The average molecular weight is 167 g/mol. The summed E-state index contributed by atoms with van der Waals surface area (Å²) in [5.74, 6) is 1.82. The van der Waals surface area contributed by atoms with Crippen molar-refractivity contribution >= 4 is 0 Å². The standard InChI is InChI=1S/C11H21N/c1-8-3-10(12)4-9-6-11(2,5-8)7-9/h8-10H,3-7,12H2,1-2H3/t8-,9?,10-,11?/m1/s1. The van der Waals surface area contributed by atoms with Gasteiger partial charge >= 0.3 is 0 Å². The maximum atomic E-state index is 6.05. The fraction of sp³-hybridized carbons (Fsp3) is 1.00. The summed E-state index contributed by atoms with van der Waals surface area (Å²) in [6, 6.07) is 0.495. The lowest BCUT2D eigenvalue weighted by Crippen LogP contribution is -2.42. The molecule has 1 heteroatoms. The third kappa shape index (κ3) is 1.52. The summed E-state index contributed by atoms with van der Waals surface area (Å²) in [5, 5.41) is 0. The van der Waals surface area contributed by atoms with Crippen LogP contribution in [-0.2, 0) is 0 Å². The fourth-order valence-electron chi connectivity index (χ4n) is 3.63. The first-order valence-corrected chi connectivity index (χ1v) is 5.33. The van der Waals surface area contributed by atoms with Gasteiger partial charge in [-0.3, -0.25) is 0 Å². The number of nitrogens with two attached hydrogens (primary N) is 1. The van der Waals surface area contributed by atoms with Gasteiger partial charge in [0.25, 0.3) is 0 Å². The highest BCUT2D eigenvalue weighted by Gasteiger charge is 2.43. The summed E-state index contributed by atoms with van der Waals surface area (Å²) in [4.78, 5) is 0. The van der Waals surface area contributed by atoms with Crippen LogP contribution in [0.5, 0.6) is 0 Å². The zero-order chi connectivity index (χ0) is 8.77. The molecule has 2 N–H and O–H groups in total. The SMILES string of the molecule is C[C@@H]1C[C@@H](N)CC2CC(C)(C2)C1. The molecule has 3 saturated carbocycles. The van der Waals surface area contributed by atoms with Crippen LogP contribution < -0.4 is 5.73 Å². The number of fused-ring (bicyclic) bond motifs is 4. The Hall–Kier alpha value is -0.0400. The molecule has 12 heavy (non-hydrogen) atoms. The molecule has 1 nitrogen and oxygen atoms in total. The molecule has 0 saturated heterocycles. The predicted octanol–water partition coefficient (Wildman–Crippen LogP) is 2.55. The van der Waals surface area contributed by atoms with Gasteiger partial charge in [0.2, 0.25) is 0 Å². The second-order valence-corrected chi connectivity index (χ2v) is 5.63. The van der Waals surface area contributed by atoms with Gasteiger partial charge < -0.3 is 5.73 Å². The highest BCUT2D eigenvalue weighted by Crippen LogP contribution is 2.53. The first-order valence-electron chi connectivity index (χ1n) is 5.33. The largest absolute Gasteiger partial charge is 0.328 e. The molecule has 0 aromatic heterocycles. The van der Waals surface area contributed by atoms with Crippen LogP contribution in [0.3, 0.4) is 0 Å². The van der Waals surface area contributed by atoms with Gasteiger partial charge in [0.15, 0.2) is 0 Å². The van der Waals surface area contributed by atoms with Gasteiger partial charge in [0, 0.05) is 6.04 Å². The van der Waals surface area contributed by atoms with Crippen molar-refractivity contribution in [3.8, 4) is 0 Å². The maximum absolute atomic E-state index is 6.05. The molecule has 3 fully saturated rings. The van der Waals surface area contributed by atoms with E-state index < -0.39 is 0 Å². The lowest BCUT2D eigenvalue weighted by Gasteiger charge is -2.50. The molecular weight excluding hydrogens is 146 g/mol. The third-order valence-electron chi connectivity index (χ3n) is 3.75. The second-order valence-electron chi connectivity index (χ2n) is 5.63. The molecule has 0 aliphatic heterocycles. The average Bonchev–Trinajstić information content (AvgIpc) is 1.79. The number of hydrogen-bond donors (Lipinski definition) is 1. The van der Waals surface area contributed by atoms with E-state index in [0.717, 1.165) is 11.8 Å². The number of rotatable bonds is 0. The molecule has 0 spiro atoms. The maximum Gasteiger partial charge on any atom is 0.00440 e. The van der Waals surface area contributed by atoms with Crippen LogP contribution in [0.1, 0.15) is 46.0 Å². The summed E-state index contributed by atoms with van der Waals surface area (Å²) < 4.78 is 0. The van der Waals surface area contributed by atoms with E-state index in [2.05, 4.69) is 13.8 Å². The predicted molar refractivity (Wildman–Crippen MR) is 51.8 cm³/mol. The Labute approximate surface area is 75.7 Å². The molecule has 3 rings (SSSR count). The Kier molecular flexibility index (Phi) is 1.95. The monoisotopic (exact) mass is 167 g/mol. The van der Waals surface area contributed by atoms with Crippen molar-refractivity contribution in [2.45, 2.75) is 52.0 Å². The van der Waals surface area contributed by atoms with E-state index in [0.29, 0.717) is 11.5 Å². The van der Waals surface area contributed by atoms with E-state index in [9.17, 15) is 0 Å². The van der Waals surface area contributed by atoms with E-state index in [1.165, 1.54) is 32.1 Å². The third-order valence-corrected chi connectivity index (χ3v) is 3.75. The lowest BCUT2D eigenvalue weighted by molar-refractivity contribution is 0.0196. The highest BCUT2D eigenvalue weighted by molar-refractivity contribution is 4.95. The summed E-state index contributed by atoms with van der Waals surface area (Å²) in [6.07, 6.45) is 6.86. The minimum absolute atomic E-state index is 0.495. The molecular formula is C11H21N. The van der Waals surface area contributed by atoms with Crippen molar-refractivity contribution in [2.24, 2.45) is 23.0 Å². The minimum Gasteiger partial charge on any atom is -0.328 e. The second kappa shape index (κ2) is 2.73. The minimum atomic E-state index is 0.495. The van der Waals surface area contributed by atoms with Crippen LogP contribution >= 0.6 is 0 Å². The molecule has 3 aliphatic rings. The zero-order valence-electron chi connectivity index (χ0n) is 8.34. The van der Waals surface area contributed by atoms with E-state index in [-0.39, 0.29) is 0 Å². The normalized spacial score (nSPS) is 53.8. The van der Waals surface area contributed by atoms with Crippen molar-refractivity contribution in [1.29, 1.82) is 0 Å². The molecule has 2 bridgehead atoms. The Morgan fingerprint density at radius 1 is 1.17 bits per heavy atom. The molecule has 0 unspecified atom stereocenters. The van der Waals surface area contributed by atoms with Gasteiger partial charge in [-0.15, -0.1) is 0 Å². The molecule has 0 amide bonds. The van der Waals surface area contributed by atoms with Crippen LogP contribution in [-0.4, -0.2) is 6.04 Å². The Bertz CT molecular complexity index is 162. The van der Waals surface area contributed by atoms with Gasteiger partial charge in [-0.25, -0.2) is 0 Å². The first kappa shape index (κ1) is 8.55. The van der Waals surface area contributed by atoms with E-state index in [1.807, 2.05) is 0 Å². The van der Waals surface area contributed by atoms with Gasteiger partial charge in [-0.1, -0.05) is 13.8 Å². The van der Waals surface area contributed by atoms with Crippen molar-refractivity contribution in [3.05, 3.63) is 0 Å². The van der Waals surface area contributed by atoms with Crippen LogP contribution in [0.2, 0.25) is 0 Å². The molecule has 0 heterocycles. The topological polar surface area (TPSA) is 26.0 Å². The zero-order valence-corrected chi connectivity index (χ0v) is 8.34. The highest BCUT2D eigenvalue weighted by atomic mass is 14.7.